The molecule has 0 spiro atoms. The number of aromatic nitrogens is 3. The van der Waals surface area contributed by atoms with Crippen LogP contribution in [-0.4, -0.2) is 31.8 Å². The van der Waals surface area contributed by atoms with Crippen LogP contribution in [0.4, 0.5) is 13.2 Å². The molecule has 0 radical (unpaired) electrons. The second kappa shape index (κ2) is 6.64. The van der Waals surface area contributed by atoms with E-state index in [9.17, 15) is 23.4 Å². The number of nitrogens with zero attached hydrogens (tertiary/aromatic N) is 3. The van der Waals surface area contributed by atoms with E-state index in [1.165, 1.54) is 42.6 Å². The van der Waals surface area contributed by atoms with E-state index < -0.39 is 6.36 Å². The lowest BCUT2D eigenvalue weighted by Gasteiger charge is -2.07. The van der Waals surface area contributed by atoms with Gasteiger partial charge in [-0.15, -0.1) is 29.6 Å². The molecule has 4 aromatic rings. The van der Waals surface area contributed by atoms with Gasteiger partial charge in [0.1, 0.15) is 28.0 Å². The topological polar surface area (TPSA) is 88.4 Å². The van der Waals surface area contributed by atoms with Gasteiger partial charge in [-0.2, -0.15) is 5.10 Å². The monoisotopic (exact) mass is 405 g/mol. The Bertz CT molecular complexity index is 1180. The Kier molecular flexibility index (Phi) is 4.27. The predicted octanol–water partition coefficient (Wildman–Crippen LogP) is 4.73. The summed E-state index contributed by atoms with van der Waals surface area (Å²) in [6.45, 7) is 0. The highest BCUT2D eigenvalue weighted by Gasteiger charge is 2.31. The number of rotatable bonds is 3. The molecule has 0 aliphatic heterocycles. The molecule has 2 aromatic carbocycles. The summed E-state index contributed by atoms with van der Waals surface area (Å²) in [7, 11) is 0. The number of phenols is 2. The number of ether oxygens (including phenoxy) is 1. The molecule has 6 nitrogen and oxygen atoms in total. The predicted molar refractivity (Wildman–Crippen MR) is 96.1 cm³/mol. The smallest absolute Gasteiger partial charge is 0.508 e. The summed E-state index contributed by atoms with van der Waals surface area (Å²) < 4.78 is 41.7. The molecule has 142 valence electrons. The van der Waals surface area contributed by atoms with Crippen LogP contribution in [-0.2, 0) is 0 Å². The summed E-state index contributed by atoms with van der Waals surface area (Å²) in [4.78, 5) is 4.44. The highest BCUT2D eigenvalue weighted by atomic mass is 32.1. The molecule has 2 aromatic heterocycles. The second-order valence-electron chi connectivity index (χ2n) is 5.69. The first kappa shape index (κ1) is 18.0. The average Bonchev–Trinajstić information content (AvgIpc) is 3.03. The Morgan fingerprint density at radius 1 is 0.964 bits per heavy atom. The van der Waals surface area contributed by atoms with Crippen molar-refractivity contribution in [2.75, 3.05) is 0 Å². The van der Waals surface area contributed by atoms with Crippen molar-refractivity contribution >= 4 is 21.6 Å². The zero-order valence-electron chi connectivity index (χ0n) is 13.8. The number of hydrogen-bond donors (Lipinski definition) is 2. The van der Waals surface area contributed by atoms with Crippen molar-refractivity contribution in [2.24, 2.45) is 0 Å². The first-order valence-electron chi connectivity index (χ1n) is 7.81. The Labute approximate surface area is 159 Å². The molecule has 4 rings (SSSR count). The van der Waals surface area contributed by atoms with E-state index in [4.69, 9.17) is 0 Å². The normalized spacial score (nSPS) is 11.7. The zero-order valence-corrected chi connectivity index (χ0v) is 14.6. The van der Waals surface area contributed by atoms with E-state index in [1.54, 1.807) is 6.07 Å². The summed E-state index contributed by atoms with van der Waals surface area (Å²) in [5.74, 6) is -0.632. The van der Waals surface area contributed by atoms with Crippen molar-refractivity contribution in [3.63, 3.8) is 0 Å². The van der Waals surface area contributed by atoms with E-state index >= 15 is 0 Å². The van der Waals surface area contributed by atoms with E-state index in [-0.39, 0.29) is 17.2 Å². The molecule has 2 N–H and O–H groups in total. The van der Waals surface area contributed by atoms with Gasteiger partial charge in [0.05, 0.1) is 16.4 Å². The third kappa shape index (κ3) is 3.54. The molecule has 0 unspecified atom stereocenters. The van der Waals surface area contributed by atoms with Gasteiger partial charge in [0.2, 0.25) is 0 Å². The number of thiazole rings is 1. The maximum Gasteiger partial charge on any atom is 0.573 e. The van der Waals surface area contributed by atoms with Crippen LogP contribution in [0.2, 0.25) is 0 Å². The van der Waals surface area contributed by atoms with Gasteiger partial charge in [-0.05, 0) is 36.4 Å². The lowest BCUT2D eigenvalue weighted by atomic mass is 10.1. The summed E-state index contributed by atoms with van der Waals surface area (Å²) in [5, 5.41) is 28.0. The van der Waals surface area contributed by atoms with Crippen LogP contribution >= 0.6 is 11.3 Å². The third-order valence-electron chi connectivity index (χ3n) is 3.78. The first-order chi connectivity index (χ1) is 13.3. The fraction of sp³-hybridized carbons (Fsp3) is 0.0556. The fourth-order valence-corrected chi connectivity index (χ4v) is 3.66. The van der Waals surface area contributed by atoms with Crippen molar-refractivity contribution in [1.82, 2.24) is 15.2 Å². The molecule has 0 saturated carbocycles. The molecule has 0 bridgehead atoms. The second-order valence-corrected chi connectivity index (χ2v) is 6.72. The van der Waals surface area contributed by atoms with Crippen molar-refractivity contribution < 1.29 is 28.1 Å². The molecule has 0 atom stereocenters. The van der Waals surface area contributed by atoms with Gasteiger partial charge >= 0.3 is 6.36 Å². The standard InChI is InChI=1S/C18H10F3N3O3S/c19-18(20,21)27-10-2-4-13-15(8-10)28-17(23-13)12-5-6-22-24-16(12)11-3-1-9(25)7-14(11)26/h1-8,25-26H. The minimum absolute atomic E-state index is 0.108. The number of phenolic OH excluding ortho intramolecular Hbond substituents is 2. The summed E-state index contributed by atoms with van der Waals surface area (Å²) >= 11 is 1.15. The van der Waals surface area contributed by atoms with Crippen LogP contribution in [0.1, 0.15) is 0 Å². The van der Waals surface area contributed by atoms with Crippen molar-refractivity contribution in [2.45, 2.75) is 6.36 Å². The number of benzene rings is 2. The lowest BCUT2D eigenvalue weighted by molar-refractivity contribution is -0.274. The minimum Gasteiger partial charge on any atom is -0.508 e. The highest BCUT2D eigenvalue weighted by molar-refractivity contribution is 7.21. The molecule has 10 heteroatoms. The number of hydrogen-bond acceptors (Lipinski definition) is 7. The van der Waals surface area contributed by atoms with Gasteiger partial charge < -0.3 is 14.9 Å². The van der Waals surface area contributed by atoms with Gasteiger partial charge in [-0.25, -0.2) is 4.98 Å². The van der Waals surface area contributed by atoms with E-state index in [0.717, 1.165) is 11.3 Å². The SMILES string of the molecule is Oc1ccc(-c2nnccc2-c2nc3ccc(OC(F)(F)F)cc3s2)c(O)c1. The number of halogens is 3. The Balaban J connectivity index is 1.80. The van der Waals surface area contributed by atoms with Crippen LogP contribution in [0.15, 0.2) is 48.7 Å². The van der Waals surface area contributed by atoms with Crippen molar-refractivity contribution in [3.8, 4) is 39.1 Å². The molecule has 0 amide bonds. The zero-order chi connectivity index (χ0) is 19.9. The van der Waals surface area contributed by atoms with Gasteiger partial charge in [-0.1, -0.05) is 0 Å². The third-order valence-corrected chi connectivity index (χ3v) is 4.83. The van der Waals surface area contributed by atoms with Gasteiger partial charge in [0.15, 0.2) is 0 Å². The number of aromatic hydroxyl groups is 2. The maximum atomic E-state index is 12.4. The molecule has 0 saturated heterocycles. The Hall–Kier alpha value is -3.40. The van der Waals surface area contributed by atoms with E-state index in [2.05, 4.69) is 19.9 Å². The molecular formula is C18H10F3N3O3S. The molecule has 0 aliphatic carbocycles. The molecular weight excluding hydrogens is 395 g/mol. The molecule has 28 heavy (non-hydrogen) atoms. The first-order valence-corrected chi connectivity index (χ1v) is 8.62. The van der Waals surface area contributed by atoms with Crippen LogP contribution in [0, 0.1) is 0 Å². The van der Waals surface area contributed by atoms with Gasteiger partial charge in [0, 0.05) is 17.2 Å². The highest BCUT2D eigenvalue weighted by Crippen LogP contribution is 2.40. The van der Waals surface area contributed by atoms with Crippen molar-refractivity contribution in [1.29, 1.82) is 0 Å². The summed E-state index contributed by atoms with van der Waals surface area (Å²) in [6, 6.07) is 9.58. The summed E-state index contributed by atoms with van der Waals surface area (Å²) in [6.07, 6.45) is -3.33. The minimum atomic E-state index is -4.78. The fourth-order valence-electron chi connectivity index (χ4n) is 2.64. The van der Waals surface area contributed by atoms with E-state index in [1.807, 2.05) is 0 Å². The number of fused-ring (bicyclic) bond motifs is 1. The maximum absolute atomic E-state index is 12.4. The van der Waals surface area contributed by atoms with Crippen LogP contribution < -0.4 is 4.74 Å². The molecule has 0 aliphatic rings. The molecule has 0 fully saturated rings. The van der Waals surface area contributed by atoms with Crippen molar-refractivity contribution in [3.05, 3.63) is 48.7 Å². The number of alkyl halides is 3. The quantitative estimate of drug-likeness (QED) is 0.512. The lowest BCUT2D eigenvalue weighted by Crippen LogP contribution is -2.16. The van der Waals surface area contributed by atoms with Crippen LogP contribution in [0.3, 0.4) is 0 Å². The van der Waals surface area contributed by atoms with Crippen LogP contribution in [0.25, 0.3) is 32.0 Å². The Morgan fingerprint density at radius 2 is 1.79 bits per heavy atom. The van der Waals surface area contributed by atoms with Crippen LogP contribution in [0.5, 0.6) is 17.2 Å². The van der Waals surface area contributed by atoms with Gasteiger partial charge in [0.25, 0.3) is 0 Å². The summed E-state index contributed by atoms with van der Waals surface area (Å²) in [5.41, 5.74) is 1.69. The largest absolute Gasteiger partial charge is 0.573 e. The van der Waals surface area contributed by atoms with E-state index in [0.29, 0.717) is 32.0 Å². The van der Waals surface area contributed by atoms with Gasteiger partial charge in [-0.3, -0.25) is 0 Å². The molecule has 2 heterocycles. The average molecular weight is 405 g/mol. The Morgan fingerprint density at radius 3 is 2.54 bits per heavy atom.